The van der Waals surface area contributed by atoms with Crippen LogP contribution in [0.4, 0.5) is 0 Å². The van der Waals surface area contributed by atoms with Crippen LogP contribution in [0, 0.1) is 0 Å². The van der Waals surface area contributed by atoms with Crippen LogP contribution < -0.4 is 5.32 Å². The van der Waals surface area contributed by atoms with Crippen molar-refractivity contribution in [3.63, 3.8) is 0 Å². The number of benzene rings is 1. The largest absolute Gasteiger partial charge is 0.480 e. The molecule has 1 saturated heterocycles. The van der Waals surface area contributed by atoms with Crippen LogP contribution in [0.5, 0.6) is 0 Å². The molecule has 0 radical (unpaired) electrons. The normalized spacial score (nSPS) is 24.6. The van der Waals surface area contributed by atoms with Crippen LogP contribution in [0.3, 0.4) is 0 Å². The maximum atomic E-state index is 11.3. The molecular weight excluding hydrogens is 226 g/mol. The highest BCUT2D eigenvalue weighted by atomic mass is 35.5. The van der Waals surface area contributed by atoms with E-state index in [1.165, 1.54) is 0 Å². The van der Waals surface area contributed by atoms with Gasteiger partial charge in [-0.15, -0.1) is 0 Å². The standard InChI is InChI=1S/C12H14ClNO2/c13-10-4-1-3-9(7-10)8-12(11(15)16)5-2-6-14-12/h1,3-4,7,14H,2,5-6,8H2,(H,15,16)/t12-/m1/s1. The van der Waals surface area contributed by atoms with Crippen molar-refractivity contribution >= 4 is 17.6 Å². The molecule has 0 aromatic heterocycles. The first-order chi connectivity index (χ1) is 7.62. The van der Waals surface area contributed by atoms with E-state index in [9.17, 15) is 9.90 Å². The smallest absolute Gasteiger partial charge is 0.324 e. The van der Waals surface area contributed by atoms with Gasteiger partial charge in [0.2, 0.25) is 0 Å². The summed E-state index contributed by atoms with van der Waals surface area (Å²) in [7, 11) is 0. The first-order valence-corrected chi connectivity index (χ1v) is 5.73. The van der Waals surface area contributed by atoms with E-state index < -0.39 is 11.5 Å². The Hall–Kier alpha value is -1.06. The molecule has 0 saturated carbocycles. The molecule has 0 bridgehead atoms. The second-order valence-corrected chi connectivity index (χ2v) is 4.66. The molecule has 3 nitrogen and oxygen atoms in total. The molecule has 1 aliphatic rings. The Balaban J connectivity index is 2.21. The molecule has 16 heavy (non-hydrogen) atoms. The Morgan fingerprint density at radius 1 is 1.56 bits per heavy atom. The zero-order valence-electron chi connectivity index (χ0n) is 8.87. The van der Waals surface area contributed by atoms with Crippen molar-refractivity contribution < 1.29 is 9.90 Å². The number of halogens is 1. The van der Waals surface area contributed by atoms with Crippen LogP contribution >= 0.6 is 11.6 Å². The number of carbonyl (C=O) groups is 1. The summed E-state index contributed by atoms with van der Waals surface area (Å²) < 4.78 is 0. The molecule has 0 unspecified atom stereocenters. The fourth-order valence-corrected chi connectivity index (χ4v) is 2.42. The van der Waals surface area contributed by atoms with Crippen molar-refractivity contribution in [1.29, 1.82) is 0 Å². The van der Waals surface area contributed by atoms with E-state index >= 15 is 0 Å². The van der Waals surface area contributed by atoms with Gasteiger partial charge >= 0.3 is 5.97 Å². The maximum absolute atomic E-state index is 11.3. The second kappa shape index (κ2) is 4.44. The molecular formula is C12H14ClNO2. The van der Waals surface area contributed by atoms with Gasteiger partial charge in [0, 0.05) is 11.4 Å². The van der Waals surface area contributed by atoms with Crippen LogP contribution in [0.1, 0.15) is 18.4 Å². The van der Waals surface area contributed by atoms with E-state index in [-0.39, 0.29) is 0 Å². The molecule has 0 aliphatic carbocycles. The number of nitrogens with one attached hydrogen (secondary N) is 1. The van der Waals surface area contributed by atoms with Gasteiger partial charge < -0.3 is 10.4 Å². The quantitative estimate of drug-likeness (QED) is 0.849. The van der Waals surface area contributed by atoms with Gasteiger partial charge in [0.15, 0.2) is 0 Å². The lowest BCUT2D eigenvalue weighted by Crippen LogP contribution is -2.49. The third-order valence-corrected chi connectivity index (χ3v) is 3.28. The van der Waals surface area contributed by atoms with Crippen LogP contribution in [0.15, 0.2) is 24.3 Å². The lowest BCUT2D eigenvalue weighted by atomic mass is 9.89. The molecule has 1 aromatic carbocycles. The maximum Gasteiger partial charge on any atom is 0.324 e. The van der Waals surface area contributed by atoms with Gasteiger partial charge in [-0.3, -0.25) is 4.79 Å². The molecule has 1 fully saturated rings. The van der Waals surface area contributed by atoms with Crippen molar-refractivity contribution in [3.05, 3.63) is 34.9 Å². The summed E-state index contributed by atoms with van der Waals surface area (Å²) in [5, 5.41) is 13.0. The van der Waals surface area contributed by atoms with Gasteiger partial charge in [-0.2, -0.15) is 0 Å². The summed E-state index contributed by atoms with van der Waals surface area (Å²) in [4.78, 5) is 11.3. The number of rotatable bonds is 3. The number of hydrogen-bond acceptors (Lipinski definition) is 2. The molecule has 2 N–H and O–H groups in total. The molecule has 86 valence electrons. The molecule has 4 heteroatoms. The summed E-state index contributed by atoms with van der Waals surface area (Å²) in [6.45, 7) is 0.771. The minimum atomic E-state index is -0.801. The van der Waals surface area contributed by atoms with Crippen LogP contribution in [-0.4, -0.2) is 23.2 Å². The highest BCUT2D eigenvalue weighted by molar-refractivity contribution is 6.30. The number of carboxylic acid groups (broad SMARTS) is 1. The number of aliphatic carboxylic acids is 1. The van der Waals surface area contributed by atoms with Gasteiger partial charge in [-0.05, 0) is 37.1 Å². The van der Waals surface area contributed by atoms with E-state index in [0.717, 1.165) is 18.5 Å². The topological polar surface area (TPSA) is 49.3 Å². The highest BCUT2D eigenvalue weighted by Gasteiger charge is 2.40. The fraction of sp³-hybridized carbons (Fsp3) is 0.417. The second-order valence-electron chi connectivity index (χ2n) is 4.22. The Morgan fingerprint density at radius 2 is 2.38 bits per heavy atom. The molecule has 1 aromatic rings. The summed E-state index contributed by atoms with van der Waals surface area (Å²) in [6, 6.07) is 7.38. The predicted molar refractivity (Wildman–Crippen MR) is 62.8 cm³/mol. The van der Waals surface area contributed by atoms with Gasteiger partial charge in [0.1, 0.15) is 5.54 Å². The van der Waals surface area contributed by atoms with E-state index in [1.54, 1.807) is 6.07 Å². The van der Waals surface area contributed by atoms with Crippen LogP contribution in [0.2, 0.25) is 5.02 Å². The number of carboxylic acids is 1. The zero-order valence-corrected chi connectivity index (χ0v) is 9.63. The minimum absolute atomic E-state index is 0.489. The SMILES string of the molecule is O=C(O)[C@]1(Cc2cccc(Cl)c2)CCCN1. The monoisotopic (exact) mass is 239 g/mol. The third-order valence-electron chi connectivity index (χ3n) is 3.05. The molecule has 0 spiro atoms. The fourth-order valence-electron chi connectivity index (χ4n) is 2.21. The molecule has 0 amide bonds. The molecule has 2 rings (SSSR count). The zero-order chi connectivity index (χ0) is 11.6. The van der Waals surface area contributed by atoms with Crippen molar-refractivity contribution in [2.45, 2.75) is 24.8 Å². The van der Waals surface area contributed by atoms with Crippen molar-refractivity contribution in [3.8, 4) is 0 Å². The predicted octanol–water partition coefficient (Wildman–Crippen LogP) is 2.09. The third kappa shape index (κ3) is 2.20. The molecule has 1 atom stereocenters. The van der Waals surface area contributed by atoms with Gasteiger partial charge in [0.25, 0.3) is 0 Å². The first kappa shape index (κ1) is 11.4. The highest BCUT2D eigenvalue weighted by Crippen LogP contribution is 2.25. The Morgan fingerprint density at radius 3 is 2.94 bits per heavy atom. The minimum Gasteiger partial charge on any atom is -0.480 e. The lowest BCUT2D eigenvalue weighted by Gasteiger charge is -2.24. The summed E-state index contributed by atoms with van der Waals surface area (Å²) in [5.41, 5.74) is 0.161. The van der Waals surface area contributed by atoms with E-state index in [4.69, 9.17) is 11.6 Å². The molecule has 1 heterocycles. The Bertz CT molecular complexity index is 400. The Labute approximate surface area is 99.4 Å². The van der Waals surface area contributed by atoms with Gasteiger partial charge in [0.05, 0.1) is 0 Å². The van der Waals surface area contributed by atoms with E-state index in [1.807, 2.05) is 18.2 Å². The average molecular weight is 240 g/mol. The number of hydrogen-bond donors (Lipinski definition) is 2. The van der Waals surface area contributed by atoms with Crippen molar-refractivity contribution in [1.82, 2.24) is 5.32 Å². The van der Waals surface area contributed by atoms with Crippen molar-refractivity contribution in [2.75, 3.05) is 6.54 Å². The van der Waals surface area contributed by atoms with E-state index in [0.29, 0.717) is 17.9 Å². The summed E-state index contributed by atoms with van der Waals surface area (Å²) >= 11 is 5.89. The van der Waals surface area contributed by atoms with Crippen molar-refractivity contribution in [2.24, 2.45) is 0 Å². The van der Waals surface area contributed by atoms with E-state index in [2.05, 4.69) is 5.32 Å². The lowest BCUT2D eigenvalue weighted by molar-refractivity contribution is -0.144. The van der Waals surface area contributed by atoms with Crippen LogP contribution in [-0.2, 0) is 11.2 Å². The Kier molecular flexibility index (Phi) is 3.17. The van der Waals surface area contributed by atoms with Gasteiger partial charge in [-0.1, -0.05) is 23.7 Å². The average Bonchev–Trinajstić information content (AvgIpc) is 2.67. The van der Waals surface area contributed by atoms with Crippen LogP contribution in [0.25, 0.3) is 0 Å². The first-order valence-electron chi connectivity index (χ1n) is 5.35. The summed E-state index contributed by atoms with van der Waals surface area (Å²) in [5.74, 6) is -0.773. The summed E-state index contributed by atoms with van der Waals surface area (Å²) in [6.07, 6.45) is 2.07. The molecule has 1 aliphatic heterocycles. The van der Waals surface area contributed by atoms with Gasteiger partial charge in [-0.25, -0.2) is 0 Å².